The third-order valence-electron chi connectivity index (χ3n) is 10.3. The van der Waals surface area contributed by atoms with Gasteiger partial charge in [-0.2, -0.15) is 0 Å². The van der Waals surface area contributed by atoms with Gasteiger partial charge in [0.15, 0.2) is 11.6 Å². The highest BCUT2D eigenvalue weighted by Crippen LogP contribution is 2.68. The molecule has 1 N–H and O–H groups in total. The van der Waals surface area contributed by atoms with Crippen LogP contribution in [0.2, 0.25) is 0 Å². The lowest BCUT2D eigenvalue weighted by atomic mass is 9.43. The second kappa shape index (κ2) is 9.18. The summed E-state index contributed by atoms with van der Waals surface area (Å²) in [6, 6.07) is 13.4. The van der Waals surface area contributed by atoms with Gasteiger partial charge in [-0.15, -0.1) is 0 Å². The minimum absolute atomic E-state index is 0.0261. The average Bonchev–Trinajstić information content (AvgIpc) is 2.84. The number of unbranched alkanes of at least 4 members (excludes halogenated alkanes) is 1. The molecule has 0 saturated heterocycles. The highest BCUT2D eigenvalue weighted by molar-refractivity contribution is 6.23. The van der Waals surface area contributed by atoms with E-state index >= 15 is 0 Å². The molecule has 0 spiro atoms. The molecule has 2 aromatic rings. The molecule has 0 heterocycles. The average molecular weight is 523 g/mol. The Morgan fingerprint density at radius 3 is 2.46 bits per heavy atom. The van der Waals surface area contributed by atoms with E-state index in [1.54, 1.807) is 0 Å². The maximum atomic E-state index is 14.0. The van der Waals surface area contributed by atoms with Gasteiger partial charge < -0.3 is 5.11 Å². The van der Waals surface area contributed by atoms with Crippen molar-refractivity contribution in [3.63, 3.8) is 0 Å². The van der Waals surface area contributed by atoms with Crippen molar-refractivity contribution in [3.8, 4) is 11.1 Å². The highest BCUT2D eigenvalue weighted by Gasteiger charge is 2.63. The number of Topliss-reactive ketones (excluding diaryl/α,β-unsaturated/α-hetero) is 2. The molecule has 0 radical (unpaired) electrons. The van der Waals surface area contributed by atoms with Gasteiger partial charge in [0.05, 0.1) is 11.0 Å². The second-order valence-corrected chi connectivity index (χ2v) is 13.0. The number of fused-ring (bicyclic) bond motifs is 3. The summed E-state index contributed by atoms with van der Waals surface area (Å²) in [4.78, 5) is 26.4. The van der Waals surface area contributed by atoms with E-state index in [0.29, 0.717) is 6.42 Å². The van der Waals surface area contributed by atoms with Crippen LogP contribution in [0.4, 0.5) is 0 Å². The molecule has 2 aromatic carbocycles. The standard InChI is InChI=1S/C36H42O3/c1-9-10-12-25-13-11-14-26(17-25)27-16-15-21(2)30-22(3)32-23(4)36(8)33(39)31(24(5)37)29(38)19-35(36,7)20-34(32,6)18-28(27)30/h11,13-17,38H,3,9-10,12,18-20H2,1-2,4-8H3/t34-,35+,36+/m1/s1. The molecule has 0 bridgehead atoms. The Bertz CT molecular complexity index is 1500. The number of rotatable bonds is 5. The van der Waals surface area contributed by atoms with Crippen LogP contribution in [0.25, 0.3) is 16.7 Å². The van der Waals surface area contributed by atoms with Gasteiger partial charge in [-0.25, -0.2) is 0 Å². The lowest BCUT2D eigenvalue weighted by Gasteiger charge is -2.59. The van der Waals surface area contributed by atoms with Crippen LogP contribution in [0.5, 0.6) is 0 Å². The zero-order chi connectivity index (χ0) is 28.5. The SMILES string of the molecule is C=C1C2=C(C)[C@@]3(C)C(=O)C(C(C)=O)=C(O)C[C@@]3(C)C[C@@]2(C)Cc2c(-c3cccc(CCCC)c3)ccc(C)c21. The summed E-state index contributed by atoms with van der Waals surface area (Å²) in [5.41, 5.74) is 9.05. The maximum Gasteiger partial charge on any atom is 0.180 e. The smallest absolute Gasteiger partial charge is 0.180 e. The monoisotopic (exact) mass is 522 g/mol. The molecule has 0 fully saturated rings. The van der Waals surface area contributed by atoms with Crippen LogP contribution < -0.4 is 0 Å². The van der Waals surface area contributed by atoms with Gasteiger partial charge in [0.1, 0.15) is 5.76 Å². The summed E-state index contributed by atoms with van der Waals surface area (Å²) in [7, 11) is 0. The summed E-state index contributed by atoms with van der Waals surface area (Å²) in [6.45, 7) is 18.9. The van der Waals surface area contributed by atoms with Gasteiger partial charge in [0, 0.05) is 6.42 Å². The predicted molar refractivity (Wildman–Crippen MR) is 160 cm³/mol. The molecular formula is C36H42O3. The third-order valence-corrected chi connectivity index (χ3v) is 10.3. The second-order valence-electron chi connectivity index (χ2n) is 13.0. The maximum absolute atomic E-state index is 14.0. The number of aliphatic hydroxyl groups excluding tert-OH is 1. The van der Waals surface area contributed by atoms with Crippen LogP contribution in [-0.2, 0) is 22.4 Å². The number of aryl methyl sites for hydroxylation is 2. The minimum atomic E-state index is -0.880. The molecule has 0 unspecified atom stereocenters. The number of carbonyl (C=O) groups is 2. The van der Waals surface area contributed by atoms with Crippen molar-refractivity contribution in [2.45, 2.75) is 87.0 Å². The number of allylic oxidation sites excluding steroid dienone is 5. The molecule has 204 valence electrons. The Labute approximate surface area is 233 Å². The summed E-state index contributed by atoms with van der Waals surface area (Å²) < 4.78 is 0. The van der Waals surface area contributed by atoms with Crippen LogP contribution in [0, 0.1) is 23.2 Å². The number of benzene rings is 2. The van der Waals surface area contributed by atoms with Crippen LogP contribution >= 0.6 is 0 Å². The van der Waals surface area contributed by atoms with Crippen LogP contribution in [0.3, 0.4) is 0 Å². The van der Waals surface area contributed by atoms with Crippen LogP contribution in [0.1, 0.15) is 89.5 Å². The first-order valence-corrected chi connectivity index (χ1v) is 14.4. The van der Waals surface area contributed by atoms with E-state index in [2.05, 4.69) is 77.6 Å². The van der Waals surface area contributed by atoms with Gasteiger partial charge in [-0.05, 0) is 109 Å². The van der Waals surface area contributed by atoms with Gasteiger partial charge >= 0.3 is 0 Å². The molecule has 5 rings (SSSR count). The largest absolute Gasteiger partial charge is 0.511 e. The van der Waals surface area contributed by atoms with E-state index in [4.69, 9.17) is 0 Å². The van der Waals surface area contributed by atoms with E-state index in [1.165, 1.54) is 53.1 Å². The number of ketones is 2. The Balaban J connectivity index is 1.71. The van der Waals surface area contributed by atoms with Gasteiger partial charge in [0.25, 0.3) is 0 Å². The highest BCUT2D eigenvalue weighted by atomic mass is 16.3. The summed E-state index contributed by atoms with van der Waals surface area (Å²) in [6.07, 6.45) is 5.33. The molecule has 3 nitrogen and oxygen atoms in total. The zero-order valence-corrected chi connectivity index (χ0v) is 24.7. The fourth-order valence-corrected chi connectivity index (χ4v) is 8.34. The molecule has 3 aliphatic rings. The number of carbonyl (C=O) groups excluding carboxylic acids is 2. The molecule has 0 saturated carbocycles. The lowest BCUT2D eigenvalue weighted by molar-refractivity contribution is -0.135. The predicted octanol–water partition coefficient (Wildman–Crippen LogP) is 8.69. The molecular weight excluding hydrogens is 480 g/mol. The van der Waals surface area contributed by atoms with Gasteiger partial charge in [-0.1, -0.05) is 75.7 Å². The van der Waals surface area contributed by atoms with E-state index in [1.807, 2.05) is 6.92 Å². The molecule has 3 aliphatic carbocycles. The number of hydrogen-bond acceptors (Lipinski definition) is 3. The van der Waals surface area contributed by atoms with Gasteiger partial charge in [0.2, 0.25) is 0 Å². The fraction of sp³-hybridized carbons (Fsp3) is 0.444. The topological polar surface area (TPSA) is 54.4 Å². The molecule has 0 amide bonds. The Hall–Kier alpha value is -3.20. The van der Waals surface area contributed by atoms with E-state index < -0.39 is 10.8 Å². The van der Waals surface area contributed by atoms with Crippen molar-refractivity contribution in [2.75, 3.05) is 0 Å². The first kappa shape index (κ1) is 27.4. The number of hydrogen-bond donors (Lipinski definition) is 1. The third kappa shape index (κ3) is 3.84. The Morgan fingerprint density at radius 1 is 1.08 bits per heavy atom. The fourth-order valence-electron chi connectivity index (χ4n) is 8.34. The van der Waals surface area contributed by atoms with Crippen molar-refractivity contribution in [3.05, 3.63) is 87.7 Å². The van der Waals surface area contributed by atoms with E-state index in [-0.39, 0.29) is 28.3 Å². The normalized spacial score (nSPS) is 28.3. The quantitative estimate of drug-likeness (QED) is 0.400. The van der Waals surface area contributed by atoms with Crippen molar-refractivity contribution < 1.29 is 14.7 Å². The summed E-state index contributed by atoms with van der Waals surface area (Å²) >= 11 is 0. The van der Waals surface area contributed by atoms with Crippen LogP contribution in [0.15, 0.2) is 65.5 Å². The van der Waals surface area contributed by atoms with Crippen molar-refractivity contribution in [2.24, 2.45) is 16.2 Å². The minimum Gasteiger partial charge on any atom is -0.511 e. The van der Waals surface area contributed by atoms with Crippen molar-refractivity contribution in [1.29, 1.82) is 0 Å². The summed E-state index contributed by atoms with van der Waals surface area (Å²) in [5, 5.41) is 10.9. The van der Waals surface area contributed by atoms with Crippen molar-refractivity contribution >= 4 is 17.1 Å². The summed E-state index contributed by atoms with van der Waals surface area (Å²) in [5.74, 6) is -0.662. The van der Waals surface area contributed by atoms with Gasteiger partial charge in [-0.3, -0.25) is 9.59 Å². The molecule has 39 heavy (non-hydrogen) atoms. The zero-order valence-electron chi connectivity index (χ0n) is 24.7. The lowest BCUT2D eigenvalue weighted by Crippen LogP contribution is -2.56. The molecule has 3 heteroatoms. The van der Waals surface area contributed by atoms with E-state index in [0.717, 1.165) is 36.0 Å². The van der Waals surface area contributed by atoms with E-state index in [9.17, 15) is 14.7 Å². The Morgan fingerprint density at radius 2 is 1.79 bits per heavy atom. The van der Waals surface area contributed by atoms with Crippen molar-refractivity contribution in [1.82, 2.24) is 0 Å². The number of aliphatic hydroxyl groups is 1. The molecule has 0 aliphatic heterocycles. The molecule has 0 aromatic heterocycles. The van der Waals surface area contributed by atoms with Crippen LogP contribution in [-0.4, -0.2) is 16.7 Å². The first-order valence-electron chi connectivity index (χ1n) is 14.4. The Kier molecular flexibility index (Phi) is 6.44. The molecule has 3 atom stereocenters. The first-order chi connectivity index (χ1) is 18.3.